The average molecular weight is 339 g/mol. The van der Waals surface area contributed by atoms with Crippen LogP contribution in [0.5, 0.6) is 0 Å². The van der Waals surface area contributed by atoms with Gasteiger partial charge >= 0.3 is 0 Å². The molecule has 4 N–H and O–H groups in total. The summed E-state index contributed by atoms with van der Waals surface area (Å²) < 4.78 is 12.5. The van der Waals surface area contributed by atoms with E-state index in [-0.39, 0.29) is 12.6 Å². The number of ether oxygens (including phenoxy) is 2. The van der Waals surface area contributed by atoms with Crippen molar-refractivity contribution in [3.8, 4) is 0 Å². The molecule has 10 nitrogen and oxygen atoms in total. The number of aromatic nitrogens is 2. The van der Waals surface area contributed by atoms with Crippen molar-refractivity contribution in [3.05, 3.63) is 12.0 Å². The van der Waals surface area contributed by atoms with Crippen molar-refractivity contribution >= 4 is 12.2 Å². The van der Waals surface area contributed by atoms with E-state index < -0.39 is 24.5 Å². The molecule has 0 bridgehead atoms. The van der Waals surface area contributed by atoms with Crippen LogP contribution in [0.15, 0.2) is 11.3 Å². The highest BCUT2D eigenvalue weighted by molar-refractivity contribution is 5.63. The van der Waals surface area contributed by atoms with Crippen LogP contribution in [0, 0.1) is 0 Å². The summed E-state index contributed by atoms with van der Waals surface area (Å²) in [5.74, 6) is 0.575. The number of nitrogens with one attached hydrogen (secondary N) is 1. The largest absolute Gasteiger partial charge is 0.394 e. The van der Waals surface area contributed by atoms with E-state index in [4.69, 9.17) is 9.47 Å². The minimum absolute atomic E-state index is 0.264. The summed E-state index contributed by atoms with van der Waals surface area (Å²) in [5.41, 5.74) is 4.06. The maximum atomic E-state index is 10.2. The van der Waals surface area contributed by atoms with Gasteiger partial charge in [-0.25, -0.2) is 15.4 Å². The number of aliphatic imine (C=N–C) groups is 1. The zero-order chi connectivity index (χ0) is 16.7. The second kappa shape index (κ2) is 6.39. The molecule has 3 aliphatic heterocycles. The molecular formula is C14H21N5O5. The smallest absolute Gasteiger partial charge is 0.165 e. The third-order valence-electron chi connectivity index (χ3n) is 4.55. The van der Waals surface area contributed by atoms with E-state index in [1.165, 1.54) is 6.33 Å². The molecule has 0 amide bonds. The number of fused-ring (bicyclic) bond motifs is 1. The zero-order valence-corrected chi connectivity index (χ0v) is 13.0. The van der Waals surface area contributed by atoms with Crippen LogP contribution in [0.2, 0.25) is 0 Å². The normalized spacial score (nSPS) is 35.6. The van der Waals surface area contributed by atoms with Crippen molar-refractivity contribution in [2.45, 2.75) is 43.5 Å². The Morgan fingerprint density at radius 2 is 2.21 bits per heavy atom. The van der Waals surface area contributed by atoms with Gasteiger partial charge in [0.1, 0.15) is 30.3 Å². The van der Waals surface area contributed by atoms with Gasteiger partial charge in [0.2, 0.25) is 0 Å². The van der Waals surface area contributed by atoms with Crippen LogP contribution in [0.1, 0.15) is 18.3 Å². The summed E-state index contributed by atoms with van der Waals surface area (Å²) in [5, 5.41) is 31.1. The van der Waals surface area contributed by atoms with E-state index in [9.17, 15) is 15.3 Å². The number of hydrogen-bond acceptors (Lipinski definition) is 9. The lowest BCUT2D eigenvalue weighted by molar-refractivity contribution is -0.0520. The summed E-state index contributed by atoms with van der Waals surface area (Å²) in [6.45, 7) is 1.59. The predicted molar refractivity (Wildman–Crippen MR) is 81.3 cm³/mol. The van der Waals surface area contributed by atoms with Gasteiger partial charge in [0, 0.05) is 6.61 Å². The van der Waals surface area contributed by atoms with Crippen LogP contribution in [0.3, 0.4) is 0 Å². The van der Waals surface area contributed by atoms with Crippen LogP contribution in [-0.2, 0) is 16.0 Å². The first-order chi connectivity index (χ1) is 11.7. The summed E-state index contributed by atoms with van der Waals surface area (Å²) in [4.78, 5) is 8.73. The molecule has 0 aliphatic carbocycles. The molecule has 1 aromatic heterocycles. The maximum Gasteiger partial charge on any atom is 0.165 e. The Balaban J connectivity index is 1.49. The highest BCUT2D eigenvalue weighted by Gasteiger charge is 2.44. The number of nitrogens with zero attached hydrogens (tertiary/aromatic N) is 4. The van der Waals surface area contributed by atoms with E-state index in [1.807, 2.05) is 5.01 Å². The summed E-state index contributed by atoms with van der Waals surface area (Å²) in [6.07, 6.45) is 0.205. The molecule has 2 unspecified atom stereocenters. The fourth-order valence-electron chi connectivity index (χ4n) is 3.22. The second-order valence-corrected chi connectivity index (χ2v) is 6.21. The van der Waals surface area contributed by atoms with E-state index in [0.717, 1.165) is 18.7 Å². The summed E-state index contributed by atoms with van der Waals surface area (Å²) in [6, 6.07) is 0.264. The first-order valence-corrected chi connectivity index (χ1v) is 8.00. The molecule has 3 aliphatic rings. The van der Waals surface area contributed by atoms with E-state index in [0.29, 0.717) is 19.0 Å². The number of hydrogen-bond donors (Lipinski definition) is 4. The third-order valence-corrected chi connectivity index (χ3v) is 4.55. The van der Waals surface area contributed by atoms with Crippen LogP contribution >= 0.6 is 0 Å². The van der Waals surface area contributed by atoms with Gasteiger partial charge in [-0.1, -0.05) is 0 Å². The molecule has 10 heteroatoms. The van der Waals surface area contributed by atoms with Gasteiger partial charge in [-0.05, 0) is 6.42 Å². The first kappa shape index (κ1) is 15.9. The SMILES string of the molecule is OC[C@H]1OC(n2cnc3c2N=CN(NC2CCOC2)C3)[C@H](O)[C@@H]1O. The Hall–Kier alpha value is -1.56. The van der Waals surface area contributed by atoms with Crippen molar-refractivity contribution in [2.75, 3.05) is 19.8 Å². The van der Waals surface area contributed by atoms with E-state index >= 15 is 0 Å². The van der Waals surface area contributed by atoms with Gasteiger partial charge in [-0.2, -0.15) is 0 Å². The Kier molecular flexibility index (Phi) is 4.24. The number of aliphatic hydroxyl groups is 3. The quantitative estimate of drug-likeness (QED) is 0.510. The van der Waals surface area contributed by atoms with Crippen LogP contribution in [-0.4, -0.2) is 80.4 Å². The van der Waals surface area contributed by atoms with Crippen molar-refractivity contribution < 1.29 is 24.8 Å². The van der Waals surface area contributed by atoms with Crippen LogP contribution < -0.4 is 5.43 Å². The van der Waals surface area contributed by atoms with Crippen LogP contribution in [0.25, 0.3) is 0 Å². The lowest BCUT2D eigenvalue weighted by Crippen LogP contribution is -2.44. The highest BCUT2D eigenvalue weighted by atomic mass is 16.6. The Bertz CT molecular complexity index is 617. The van der Waals surface area contributed by atoms with Gasteiger partial charge in [0.15, 0.2) is 12.0 Å². The molecule has 2 saturated heterocycles. The number of aliphatic hydroxyl groups excluding tert-OH is 3. The molecule has 132 valence electrons. The molecule has 4 heterocycles. The van der Waals surface area contributed by atoms with Gasteiger partial charge in [0.25, 0.3) is 0 Å². The maximum absolute atomic E-state index is 10.2. The molecule has 5 atom stereocenters. The molecule has 0 spiro atoms. The standard InChI is InChI=1S/C14H21N5O5/c20-4-10-11(21)12(22)14(24-10)19-7-15-9-3-18(6-16-13(9)19)17-8-1-2-23-5-8/h6-8,10-12,14,17,20-22H,1-5H2/t8?,10-,11-,12-,14?/m1/s1. The topological polar surface area (TPSA) is 125 Å². The molecule has 24 heavy (non-hydrogen) atoms. The Morgan fingerprint density at radius 1 is 1.33 bits per heavy atom. The highest BCUT2D eigenvalue weighted by Crippen LogP contribution is 2.34. The second-order valence-electron chi connectivity index (χ2n) is 6.21. The Morgan fingerprint density at radius 3 is 2.92 bits per heavy atom. The minimum Gasteiger partial charge on any atom is -0.394 e. The molecule has 0 radical (unpaired) electrons. The zero-order valence-electron chi connectivity index (χ0n) is 13.0. The third kappa shape index (κ3) is 2.70. The van der Waals surface area contributed by atoms with Gasteiger partial charge < -0.3 is 24.8 Å². The van der Waals surface area contributed by atoms with E-state index in [1.54, 1.807) is 10.9 Å². The minimum atomic E-state index is -1.15. The monoisotopic (exact) mass is 339 g/mol. The fourth-order valence-corrected chi connectivity index (χ4v) is 3.22. The summed E-state index contributed by atoms with van der Waals surface area (Å²) >= 11 is 0. The molecule has 0 saturated carbocycles. The number of rotatable bonds is 4. The van der Waals surface area contributed by atoms with Crippen LogP contribution in [0.4, 0.5) is 5.82 Å². The summed E-state index contributed by atoms with van der Waals surface area (Å²) in [7, 11) is 0. The Labute approximate surface area is 138 Å². The number of hydrazine groups is 1. The molecule has 4 rings (SSSR count). The number of imidazole rings is 1. The van der Waals surface area contributed by atoms with E-state index in [2.05, 4.69) is 15.4 Å². The van der Waals surface area contributed by atoms with Crippen molar-refractivity contribution in [1.82, 2.24) is 20.0 Å². The first-order valence-electron chi connectivity index (χ1n) is 8.00. The fraction of sp³-hybridized carbons (Fsp3) is 0.714. The average Bonchev–Trinajstić information content (AvgIpc) is 3.29. The molecule has 0 aromatic carbocycles. The van der Waals surface area contributed by atoms with Crippen molar-refractivity contribution in [3.63, 3.8) is 0 Å². The lowest BCUT2D eigenvalue weighted by atomic mass is 10.1. The lowest BCUT2D eigenvalue weighted by Gasteiger charge is -2.26. The molecule has 1 aromatic rings. The molecular weight excluding hydrogens is 318 g/mol. The van der Waals surface area contributed by atoms with Crippen molar-refractivity contribution in [1.29, 1.82) is 0 Å². The molecule has 2 fully saturated rings. The van der Waals surface area contributed by atoms with Gasteiger partial charge in [-0.15, -0.1) is 0 Å². The predicted octanol–water partition coefficient (Wildman–Crippen LogP) is -1.74. The van der Waals surface area contributed by atoms with Gasteiger partial charge in [0.05, 0.1) is 32.1 Å². The van der Waals surface area contributed by atoms with Gasteiger partial charge in [-0.3, -0.25) is 9.58 Å². The van der Waals surface area contributed by atoms with Crippen molar-refractivity contribution in [2.24, 2.45) is 4.99 Å².